The van der Waals surface area contributed by atoms with Crippen LogP contribution in [-0.2, 0) is 71.6 Å². The van der Waals surface area contributed by atoms with E-state index in [1.54, 1.807) is 0 Å². The Bertz CT molecular complexity index is 7.61. The van der Waals surface area contributed by atoms with E-state index in [2.05, 4.69) is 0 Å². The second-order valence-electron chi connectivity index (χ2n) is 0. The van der Waals surface area contributed by atoms with Crippen LogP contribution in [0.2, 0.25) is 0 Å². The summed E-state index contributed by atoms with van der Waals surface area (Å²) >= 11 is 0. The maximum atomic E-state index is 0. The summed E-state index contributed by atoms with van der Waals surface area (Å²) in [5.74, 6) is 0. The second-order valence-corrected chi connectivity index (χ2v) is 0. The molecule has 0 radical (unpaired) electrons. The summed E-state index contributed by atoms with van der Waals surface area (Å²) in [6, 6.07) is 0. The zero-order valence-electron chi connectivity index (χ0n) is 2.73. The van der Waals surface area contributed by atoms with E-state index in [1.807, 2.05) is 0 Å². The average Bonchev–Trinajstić information content (AvgIpc) is 0. The van der Waals surface area contributed by atoms with E-state index in [9.17, 15) is 0 Å². The van der Waals surface area contributed by atoms with Crippen LogP contribution in [0.25, 0.3) is 0 Å². The largest absolute Gasteiger partial charge is 4.00 e. The second kappa shape index (κ2) is 39.6. The van der Waals surface area contributed by atoms with Crippen molar-refractivity contribution < 1.29 is 71.6 Å². The van der Waals surface area contributed by atoms with Crippen LogP contribution in [0.3, 0.4) is 0 Å². The van der Waals surface area contributed by atoms with Gasteiger partial charge in [-0.2, -0.15) is 0 Å². The van der Waals surface area contributed by atoms with Crippen LogP contribution in [0.15, 0.2) is 0 Å². The molecule has 0 aromatic heterocycles. The van der Waals surface area contributed by atoms with Gasteiger partial charge in [-0.15, -0.1) is 0 Å². The van der Waals surface area contributed by atoms with Gasteiger partial charge in [0, 0.05) is 0 Å². The van der Waals surface area contributed by atoms with Crippen LogP contribution in [0.5, 0.6) is 0 Å². The van der Waals surface area contributed by atoms with E-state index >= 15 is 0 Å². The molecule has 0 bridgehead atoms. The molecular weight excluding hydrogens is 211 g/mol. The topological polar surface area (TPSA) is 57.0 Å². The molecule has 0 aliphatic rings. The number of hydrogen-bond donors (Lipinski definition) is 0. The standard InChI is InChI=1S/2O.Ti.2Zn/q2*-2;+4;2*+2. The first-order valence-electron chi connectivity index (χ1n) is 0. The minimum absolute atomic E-state index is 0. The summed E-state index contributed by atoms with van der Waals surface area (Å²) in [6.45, 7) is 0. The molecule has 0 unspecified atom stereocenters. The Kier molecular flexibility index (Phi) is 533. The van der Waals surface area contributed by atoms with Gasteiger partial charge in [-0.1, -0.05) is 0 Å². The van der Waals surface area contributed by atoms with Gasteiger partial charge < -0.3 is 11.0 Å². The summed E-state index contributed by atoms with van der Waals surface area (Å²) in [6.07, 6.45) is 0. The molecule has 0 aliphatic heterocycles. The predicted octanol–water partition coefficient (Wildman–Crippen LogP) is -0.245. The van der Waals surface area contributed by atoms with Crippen molar-refractivity contribution in [2.24, 2.45) is 0 Å². The predicted molar refractivity (Wildman–Crippen MR) is 1.37 cm³/mol. The first kappa shape index (κ1) is 67.3. The Labute approximate surface area is 71.1 Å². The fraction of sp³-hybridized carbons (Fsp3) is 0. The normalized spacial score (nSPS) is 0. The van der Waals surface area contributed by atoms with Gasteiger partial charge in [0.15, 0.2) is 0 Å². The Balaban J connectivity index is 0. The summed E-state index contributed by atoms with van der Waals surface area (Å²) < 4.78 is 0. The van der Waals surface area contributed by atoms with E-state index in [4.69, 9.17) is 0 Å². The fourth-order valence-electron chi connectivity index (χ4n) is 0. The van der Waals surface area contributed by atoms with Gasteiger partial charge >= 0.3 is 60.7 Å². The van der Waals surface area contributed by atoms with E-state index in [0.717, 1.165) is 0 Å². The zero-order chi connectivity index (χ0) is 0. The molecule has 0 aliphatic carbocycles. The SMILES string of the molecule is [O-2].[O-2].[Ti+4].[Zn+2].[Zn+2]. The van der Waals surface area contributed by atoms with Crippen molar-refractivity contribution in [2.45, 2.75) is 0 Å². The maximum absolute atomic E-state index is 0. The minimum Gasteiger partial charge on any atom is -2.00 e. The molecule has 5 heavy (non-hydrogen) atoms. The van der Waals surface area contributed by atoms with Gasteiger partial charge in [0.05, 0.1) is 0 Å². The van der Waals surface area contributed by atoms with Crippen LogP contribution in [0.4, 0.5) is 0 Å². The van der Waals surface area contributed by atoms with Crippen LogP contribution < -0.4 is 0 Å². The van der Waals surface area contributed by atoms with Crippen LogP contribution in [-0.4, -0.2) is 0 Å². The van der Waals surface area contributed by atoms with E-state index in [-0.39, 0.29) is 71.6 Å². The fourth-order valence-corrected chi connectivity index (χ4v) is 0. The summed E-state index contributed by atoms with van der Waals surface area (Å²) in [7, 11) is 0. The van der Waals surface area contributed by atoms with Crippen molar-refractivity contribution in [1.29, 1.82) is 0 Å². The average molecular weight is 211 g/mol. The molecule has 0 aromatic carbocycles. The van der Waals surface area contributed by atoms with Crippen molar-refractivity contribution in [3.8, 4) is 0 Å². The van der Waals surface area contributed by atoms with Crippen LogP contribution >= 0.6 is 0 Å². The third-order valence-electron chi connectivity index (χ3n) is 0. The summed E-state index contributed by atoms with van der Waals surface area (Å²) in [5, 5.41) is 0. The Hall–Kier alpha value is 1.88. The molecule has 0 aromatic rings. The molecule has 5 heteroatoms. The van der Waals surface area contributed by atoms with Crippen LogP contribution in [0, 0.1) is 0 Å². The smallest absolute Gasteiger partial charge is 2.00 e. The number of hydrogen-bond acceptors (Lipinski definition) is 0. The molecule has 0 spiro atoms. The van der Waals surface area contributed by atoms with Gasteiger partial charge in [-0.3, -0.25) is 0 Å². The number of rotatable bonds is 0. The van der Waals surface area contributed by atoms with E-state index in [1.165, 1.54) is 0 Å². The van der Waals surface area contributed by atoms with Crippen molar-refractivity contribution in [1.82, 2.24) is 0 Å². The molecule has 0 saturated carbocycles. The van der Waals surface area contributed by atoms with E-state index < -0.39 is 0 Å². The van der Waals surface area contributed by atoms with Crippen LogP contribution in [0.1, 0.15) is 0 Å². The first-order valence-corrected chi connectivity index (χ1v) is 0. The van der Waals surface area contributed by atoms with Gasteiger partial charge in [-0.05, 0) is 0 Å². The Morgan fingerprint density at radius 2 is 0.600 bits per heavy atom. The minimum atomic E-state index is 0. The quantitative estimate of drug-likeness (QED) is 0.496. The van der Waals surface area contributed by atoms with E-state index in [0.29, 0.717) is 0 Å². The van der Waals surface area contributed by atoms with Crippen molar-refractivity contribution >= 4 is 0 Å². The molecule has 0 heterocycles. The molecule has 0 N–H and O–H groups in total. The molecule has 0 rings (SSSR count). The maximum Gasteiger partial charge on any atom is 4.00 e. The molecule has 2 nitrogen and oxygen atoms in total. The molecule has 0 atom stereocenters. The molecule has 0 amide bonds. The Morgan fingerprint density at radius 1 is 0.600 bits per heavy atom. The Morgan fingerprint density at radius 3 is 0.600 bits per heavy atom. The van der Waals surface area contributed by atoms with Gasteiger partial charge in [-0.25, -0.2) is 0 Å². The summed E-state index contributed by atoms with van der Waals surface area (Å²) in [5.41, 5.74) is 0. The van der Waals surface area contributed by atoms with Gasteiger partial charge in [0.1, 0.15) is 0 Å². The first-order chi connectivity index (χ1) is 0. The van der Waals surface area contributed by atoms with Gasteiger partial charge in [0.25, 0.3) is 0 Å². The molecular formula is O2TiZn2+4. The third kappa shape index (κ3) is 25.0. The zero-order valence-corrected chi connectivity index (χ0v) is 10.2. The van der Waals surface area contributed by atoms with Gasteiger partial charge in [0.2, 0.25) is 0 Å². The van der Waals surface area contributed by atoms with Crippen molar-refractivity contribution in [2.75, 3.05) is 0 Å². The molecule has 16 valence electrons. The molecule has 0 saturated heterocycles. The monoisotopic (exact) mass is 208 g/mol. The summed E-state index contributed by atoms with van der Waals surface area (Å²) in [4.78, 5) is 0. The molecule has 0 fully saturated rings. The van der Waals surface area contributed by atoms with Crippen molar-refractivity contribution in [3.05, 3.63) is 0 Å². The third-order valence-corrected chi connectivity index (χ3v) is 0. The van der Waals surface area contributed by atoms with Crippen molar-refractivity contribution in [3.63, 3.8) is 0 Å².